The van der Waals surface area contributed by atoms with Crippen LogP contribution in [0.25, 0.3) is 21.5 Å². The zero-order valence-corrected chi connectivity index (χ0v) is 25.4. The SMILES string of the molecule is CC(C)(C)N(c1ccccc1)c1cccc2c(CC(C)(C)N(c3ccccc3)c3ccc4ccccc4c3)cccc12. The summed E-state index contributed by atoms with van der Waals surface area (Å²) in [6, 6.07) is 50.6. The standard InChI is InChI=1S/C40H40N2/c1-39(2,3)42(34-21-10-7-11-22-34)38-25-15-23-36-32(18-14-24-37(36)38)29-40(4,5)41(33-19-8-6-9-20-33)35-27-26-30-16-12-13-17-31(30)28-35/h6-28H,29H2,1-5H3. The van der Waals surface area contributed by atoms with Crippen molar-refractivity contribution in [1.29, 1.82) is 0 Å². The van der Waals surface area contributed by atoms with Gasteiger partial charge in [0.2, 0.25) is 0 Å². The van der Waals surface area contributed by atoms with Gasteiger partial charge in [-0.3, -0.25) is 0 Å². The summed E-state index contributed by atoms with van der Waals surface area (Å²) in [5.74, 6) is 0. The van der Waals surface area contributed by atoms with E-state index in [4.69, 9.17) is 0 Å². The van der Waals surface area contributed by atoms with E-state index in [0.717, 1.165) is 6.42 Å². The quantitative estimate of drug-likeness (QED) is 0.196. The molecule has 6 aromatic carbocycles. The van der Waals surface area contributed by atoms with Crippen LogP contribution in [0, 0.1) is 0 Å². The molecule has 42 heavy (non-hydrogen) atoms. The number of rotatable bonds is 7. The molecule has 0 bridgehead atoms. The van der Waals surface area contributed by atoms with Crippen molar-refractivity contribution in [3.05, 3.63) is 145 Å². The Balaban J connectivity index is 1.46. The number of anilines is 4. The minimum atomic E-state index is -0.211. The van der Waals surface area contributed by atoms with E-state index in [-0.39, 0.29) is 11.1 Å². The Labute approximate surface area is 250 Å². The van der Waals surface area contributed by atoms with Gasteiger partial charge in [-0.1, -0.05) is 97.1 Å². The molecule has 0 fully saturated rings. The number of para-hydroxylation sites is 2. The summed E-state index contributed by atoms with van der Waals surface area (Å²) in [6.07, 6.45) is 0.885. The van der Waals surface area contributed by atoms with Crippen LogP contribution in [0.2, 0.25) is 0 Å². The van der Waals surface area contributed by atoms with E-state index in [1.807, 2.05) is 0 Å². The first-order chi connectivity index (χ1) is 20.2. The molecule has 6 aromatic rings. The summed E-state index contributed by atoms with van der Waals surface area (Å²) in [5, 5.41) is 5.10. The van der Waals surface area contributed by atoms with E-state index in [0.29, 0.717) is 0 Å². The van der Waals surface area contributed by atoms with E-state index in [1.165, 1.54) is 49.9 Å². The van der Waals surface area contributed by atoms with E-state index in [1.54, 1.807) is 0 Å². The third-order valence-corrected chi connectivity index (χ3v) is 8.15. The van der Waals surface area contributed by atoms with Crippen LogP contribution in [0.4, 0.5) is 22.7 Å². The molecular weight excluding hydrogens is 508 g/mol. The Hall–Kier alpha value is -4.56. The molecule has 0 heterocycles. The second kappa shape index (κ2) is 11.0. The topological polar surface area (TPSA) is 6.48 Å². The molecule has 0 saturated heterocycles. The molecule has 0 amide bonds. The van der Waals surface area contributed by atoms with Crippen molar-refractivity contribution in [2.75, 3.05) is 9.80 Å². The molecule has 0 spiro atoms. The Kier molecular flexibility index (Phi) is 7.24. The predicted octanol–water partition coefficient (Wildman–Crippen LogP) is 11.1. The summed E-state index contributed by atoms with van der Waals surface area (Å²) < 4.78 is 0. The van der Waals surface area contributed by atoms with Crippen LogP contribution in [-0.4, -0.2) is 11.1 Å². The lowest BCUT2D eigenvalue weighted by atomic mass is 9.88. The molecule has 0 unspecified atom stereocenters. The number of hydrogen-bond donors (Lipinski definition) is 0. The van der Waals surface area contributed by atoms with E-state index in [2.05, 4.69) is 184 Å². The van der Waals surface area contributed by atoms with Gasteiger partial charge in [0.15, 0.2) is 0 Å². The average Bonchev–Trinajstić information content (AvgIpc) is 2.98. The summed E-state index contributed by atoms with van der Waals surface area (Å²) in [5.41, 5.74) is 5.89. The van der Waals surface area contributed by atoms with Gasteiger partial charge in [0.1, 0.15) is 0 Å². The van der Waals surface area contributed by atoms with Crippen LogP contribution in [0.15, 0.2) is 140 Å². The highest BCUT2D eigenvalue weighted by molar-refractivity contribution is 5.98. The molecule has 0 aliphatic heterocycles. The number of benzene rings is 6. The summed E-state index contributed by atoms with van der Waals surface area (Å²) in [6.45, 7) is 11.6. The van der Waals surface area contributed by atoms with Crippen LogP contribution in [-0.2, 0) is 6.42 Å². The van der Waals surface area contributed by atoms with Gasteiger partial charge in [-0.2, -0.15) is 0 Å². The lowest BCUT2D eigenvalue weighted by Gasteiger charge is -2.41. The Morgan fingerprint density at radius 1 is 0.452 bits per heavy atom. The molecule has 0 atom stereocenters. The van der Waals surface area contributed by atoms with Crippen molar-refractivity contribution >= 4 is 44.3 Å². The monoisotopic (exact) mass is 548 g/mol. The molecule has 0 saturated carbocycles. The van der Waals surface area contributed by atoms with Crippen LogP contribution < -0.4 is 9.80 Å². The van der Waals surface area contributed by atoms with Gasteiger partial charge in [0.25, 0.3) is 0 Å². The predicted molar refractivity (Wildman–Crippen MR) is 183 cm³/mol. The summed E-state index contributed by atoms with van der Waals surface area (Å²) >= 11 is 0. The van der Waals surface area contributed by atoms with Gasteiger partial charge in [0.05, 0.1) is 0 Å². The molecule has 0 aliphatic rings. The number of hydrogen-bond acceptors (Lipinski definition) is 2. The van der Waals surface area contributed by atoms with Crippen molar-refractivity contribution in [2.24, 2.45) is 0 Å². The molecule has 2 nitrogen and oxygen atoms in total. The summed E-state index contributed by atoms with van der Waals surface area (Å²) in [7, 11) is 0. The molecular formula is C40H40N2. The van der Waals surface area contributed by atoms with Crippen LogP contribution in [0.3, 0.4) is 0 Å². The molecule has 0 N–H and O–H groups in total. The van der Waals surface area contributed by atoms with Gasteiger partial charge < -0.3 is 9.80 Å². The third-order valence-electron chi connectivity index (χ3n) is 8.15. The average molecular weight is 549 g/mol. The van der Waals surface area contributed by atoms with Gasteiger partial charge in [-0.15, -0.1) is 0 Å². The maximum atomic E-state index is 2.51. The van der Waals surface area contributed by atoms with Crippen molar-refractivity contribution in [2.45, 2.75) is 52.1 Å². The maximum Gasteiger partial charge on any atom is 0.0495 e. The minimum Gasteiger partial charge on any atom is -0.336 e. The van der Waals surface area contributed by atoms with Gasteiger partial charge in [0, 0.05) is 39.2 Å². The maximum absolute atomic E-state index is 2.51. The normalized spacial score (nSPS) is 12.0. The van der Waals surface area contributed by atoms with E-state index >= 15 is 0 Å². The second-order valence-corrected chi connectivity index (χ2v) is 12.8. The fraction of sp³-hybridized carbons (Fsp3) is 0.200. The molecule has 0 radical (unpaired) electrons. The Morgan fingerprint density at radius 2 is 1.02 bits per heavy atom. The lowest BCUT2D eigenvalue weighted by Crippen LogP contribution is -2.42. The Bertz CT molecular complexity index is 1810. The first kappa shape index (κ1) is 27.6. The van der Waals surface area contributed by atoms with E-state index < -0.39 is 0 Å². The first-order valence-corrected chi connectivity index (χ1v) is 14.9. The second-order valence-electron chi connectivity index (χ2n) is 12.8. The van der Waals surface area contributed by atoms with Gasteiger partial charge in [-0.25, -0.2) is 0 Å². The van der Waals surface area contributed by atoms with E-state index in [9.17, 15) is 0 Å². The fourth-order valence-electron chi connectivity index (χ4n) is 6.46. The lowest BCUT2D eigenvalue weighted by molar-refractivity contribution is 0.504. The smallest absolute Gasteiger partial charge is 0.0495 e. The van der Waals surface area contributed by atoms with Gasteiger partial charge in [-0.05, 0) is 105 Å². The molecule has 0 aliphatic carbocycles. The minimum absolute atomic E-state index is 0.0922. The van der Waals surface area contributed by atoms with Crippen molar-refractivity contribution in [1.82, 2.24) is 0 Å². The van der Waals surface area contributed by atoms with Gasteiger partial charge >= 0.3 is 0 Å². The molecule has 2 heteroatoms. The van der Waals surface area contributed by atoms with Crippen molar-refractivity contribution in [3.8, 4) is 0 Å². The number of nitrogens with zero attached hydrogens (tertiary/aromatic N) is 2. The highest BCUT2D eigenvalue weighted by atomic mass is 15.2. The van der Waals surface area contributed by atoms with Crippen molar-refractivity contribution in [3.63, 3.8) is 0 Å². The first-order valence-electron chi connectivity index (χ1n) is 14.9. The van der Waals surface area contributed by atoms with Crippen LogP contribution in [0.5, 0.6) is 0 Å². The zero-order valence-electron chi connectivity index (χ0n) is 25.4. The van der Waals surface area contributed by atoms with Crippen molar-refractivity contribution < 1.29 is 0 Å². The fourth-order valence-corrected chi connectivity index (χ4v) is 6.46. The Morgan fingerprint density at radius 3 is 1.69 bits per heavy atom. The molecule has 0 aromatic heterocycles. The zero-order chi connectivity index (χ0) is 29.3. The molecule has 6 rings (SSSR count). The van der Waals surface area contributed by atoms with Crippen LogP contribution >= 0.6 is 0 Å². The highest BCUT2D eigenvalue weighted by Crippen LogP contribution is 2.41. The highest BCUT2D eigenvalue weighted by Gasteiger charge is 2.31. The third kappa shape index (κ3) is 5.37. The van der Waals surface area contributed by atoms with Crippen LogP contribution in [0.1, 0.15) is 40.2 Å². The number of fused-ring (bicyclic) bond motifs is 2. The summed E-state index contributed by atoms with van der Waals surface area (Å²) in [4.78, 5) is 4.98. The largest absolute Gasteiger partial charge is 0.336 e. The molecule has 210 valence electrons.